The van der Waals surface area contributed by atoms with Crippen molar-refractivity contribution in [1.82, 2.24) is 4.98 Å². The zero-order valence-corrected chi connectivity index (χ0v) is 9.70. The Morgan fingerprint density at radius 2 is 1.95 bits per heavy atom. The van der Waals surface area contributed by atoms with E-state index in [1.54, 1.807) is 30.3 Å². The fourth-order valence-corrected chi connectivity index (χ4v) is 1.47. The Morgan fingerprint density at radius 1 is 1.26 bits per heavy atom. The molecule has 2 rings (SSSR count). The topological polar surface area (TPSA) is 118 Å². The van der Waals surface area contributed by atoms with Crippen LogP contribution in [0.2, 0.25) is 0 Å². The van der Waals surface area contributed by atoms with E-state index in [9.17, 15) is 10.1 Å². The van der Waals surface area contributed by atoms with E-state index in [2.05, 4.69) is 10.3 Å². The van der Waals surface area contributed by atoms with Crippen LogP contribution in [0.4, 0.5) is 22.9 Å². The van der Waals surface area contributed by atoms with E-state index in [0.717, 1.165) is 5.69 Å². The van der Waals surface area contributed by atoms with Gasteiger partial charge in [-0.3, -0.25) is 10.1 Å². The number of hydrogen-bond donors (Lipinski definition) is 2. The van der Waals surface area contributed by atoms with Gasteiger partial charge in [0.25, 0.3) is 0 Å². The molecule has 7 nitrogen and oxygen atoms in total. The molecule has 1 aromatic carbocycles. The van der Waals surface area contributed by atoms with Crippen molar-refractivity contribution in [3.63, 3.8) is 0 Å². The standard InChI is InChI=1S/C12H9N5O2/c13-7-10-11(17(18)19)5-6-12(16-10)15-9-3-1-8(14)2-4-9/h1-6H,14H2,(H,15,16). The first-order valence-corrected chi connectivity index (χ1v) is 5.28. The number of nitrogens with two attached hydrogens (primary N) is 1. The maximum absolute atomic E-state index is 10.7. The Bertz CT molecular complexity index is 661. The van der Waals surface area contributed by atoms with Crippen LogP contribution in [-0.4, -0.2) is 9.91 Å². The van der Waals surface area contributed by atoms with Crippen molar-refractivity contribution >= 4 is 22.9 Å². The number of nitrogens with one attached hydrogen (secondary N) is 1. The first-order chi connectivity index (χ1) is 9.10. The van der Waals surface area contributed by atoms with Crippen LogP contribution in [0.25, 0.3) is 0 Å². The van der Waals surface area contributed by atoms with Crippen LogP contribution in [0.1, 0.15) is 5.69 Å². The van der Waals surface area contributed by atoms with Gasteiger partial charge in [-0.25, -0.2) is 4.98 Å². The van der Waals surface area contributed by atoms with Gasteiger partial charge in [-0.1, -0.05) is 0 Å². The molecule has 0 aliphatic heterocycles. The summed E-state index contributed by atoms with van der Waals surface area (Å²) in [4.78, 5) is 13.9. The average molecular weight is 255 g/mol. The minimum absolute atomic E-state index is 0.231. The van der Waals surface area contributed by atoms with Gasteiger partial charge >= 0.3 is 5.69 Å². The van der Waals surface area contributed by atoms with E-state index in [4.69, 9.17) is 11.0 Å². The third-order valence-electron chi connectivity index (χ3n) is 2.36. The Balaban J connectivity index is 2.29. The Labute approximate surface area is 108 Å². The molecule has 7 heteroatoms. The summed E-state index contributed by atoms with van der Waals surface area (Å²) in [6.07, 6.45) is 0. The van der Waals surface area contributed by atoms with Gasteiger partial charge in [0, 0.05) is 17.4 Å². The van der Waals surface area contributed by atoms with Crippen molar-refractivity contribution in [2.75, 3.05) is 11.1 Å². The Morgan fingerprint density at radius 3 is 2.53 bits per heavy atom. The molecule has 0 fully saturated rings. The number of rotatable bonds is 3. The molecule has 0 unspecified atom stereocenters. The van der Waals surface area contributed by atoms with Crippen molar-refractivity contribution in [2.24, 2.45) is 0 Å². The van der Waals surface area contributed by atoms with Crippen molar-refractivity contribution in [3.8, 4) is 6.07 Å². The van der Waals surface area contributed by atoms with Gasteiger partial charge in [-0.15, -0.1) is 0 Å². The summed E-state index contributed by atoms with van der Waals surface area (Å²) in [5, 5.41) is 22.4. The molecule has 1 heterocycles. The fourth-order valence-electron chi connectivity index (χ4n) is 1.47. The van der Waals surface area contributed by atoms with Gasteiger partial charge < -0.3 is 11.1 Å². The summed E-state index contributed by atoms with van der Waals surface area (Å²) < 4.78 is 0. The first kappa shape index (κ1) is 12.3. The highest BCUT2D eigenvalue weighted by molar-refractivity contribution is 5.61. The largest absolute Gasteiger partial charge is 0.399 e. The molecule has 0 aliphatic carbocycles. The summed E-state index contributed by atoms with van der Waals surface area (Å²) in [5.74, 6) is 0.354. The molecule has 0 saturated heterocycles. The number of nitrogen functional groups attached to an aromatic ring is 1. The predicted octanol–water partition coefficient (Wildman–Crippen LogP) is 2.19. The number of nitro groups is 1. The molecule has 0 radical (unpaired) electrons. The third kappa shape index (κ3) is 2.76. The molecule has 1 aromatic heterocycles. The maximum atomic E-state index is 10.7. The number of nitrogens with zero attached hydrogens (tertiary/aromatic N) is 3. The third-order valence-corrected chi connectivity index (χ3v) is 2.36. The smallest absolute Gasteiger partial charge is 0.305 e. The number of nitriles is 1. The molecule has 3 N–H and O–H groups in total. The lowest BCUT2D eigenvalue weighted by atomic mass is 10.2. The maximum Gasteiger partial charge on any atom is 0.305 e. The average Bonchev–Trinajstić information content (AvgIpc) is 2.41. The number of anilines is 3. The van der Waals surface area contributed by atoms with E-state index in [0.29, 0.717) is 11.5 Å². The summed E-state index contributed by atoms with van der Waals surface area (Å²) in [6, 6.07) is 11.3. The SMILES string of the molecule is N#Cc1nc(Nc2ccc(N)cc2)ccc1[N+](=O)[O-]. The molecule has 0 spiro atoms. The van der Waals surface area contributed by atoms with Gasteiger partial charge in [0.05, 0.1) is 4.92 Å². The van der Waals surface area contributed by atoms with Crippen molar-refractivity contribution < 1.29 is 4.92 Å². The van der Waals surface area contributed by atoms with Crippen LogP contribution in [-0.2, 0) is 0 Å². The molecule has 0 atom stereocenters. The molecule has 0 bridgehead atoms. The normalized spacial score (nSPS) is 9.63. The molecule has 94 valence electrons. The van der Waals surface area contributed by atoms with Gasteiger partial charge in [-0.2, -0.15) is 5.26 Å². The fraction of sp³-hybridized carbons (Fsp3) is 0. The lowest BCUT2D eigenvalue weighted by Gasteiger charge is -2.06. The summed E-state index contributed by atoms with van der Waals surface area (Å²) >= 11 is 0. The highest BCUT2D eigenvalue weighted by Gasteiger charge is 2.15. The summed E-state index contributed by atoms with van der Waals surface area (Å²) in [5.41, 5.74) is 6.36. The van der Waals surface area contributed by atoms with Crippen LogP contribution in [0, 0.1) is 21.4 Å². The highest BCUT2D eigenvalue weighted by atomic mass is 16.6. The number of pyridine rings is 1. The van der Waals surface area contributed by atoms with Crippen LogP contribution < -0.4 is 11.1 Å². The summed E-state index contributed by atoms with van der Waals surface area (Å²) in [7, 11) is 0. The van der Waals surface area contributed by atoms with E-state index in [-0.39, 0.29) is 11.4 Å². The molecule has 0 saturated carbocycles. The predicted molar refractivity (Wildman–Crippen MR) is 69.7 cm³/mol. The number of hydrogen-bond acceptors (Lipinski definition) is 6. The molecular weight excluding hydrogens is 246 g/mol. The monoisotopic (exact) mass is 255 g/mol. The second-order valence-electron chi connectivity index (χ2n) is 3.68. The number of aromatic nitrogens is 1. The van der Waals surface area contributed by atoms with Gasteiger partial charge in [0.1, 0.15) is 11.9 Å². The molecular formula is C12H9N5O2. The zero-order chi connectivity index (χ0) is 13.8. The second kappa shape index (κ2) is 5.01. The van der Waals surface area contributed by atoms with Crippen molar-refractivity contribution in [1.29, 1.82) is 5.26 Å². The Hall–Kier alpha value is -3.14. The lowest BCUT2D eigenvalue weighted by Crippen LogP contribution is -1.99. The second-order valence-corrected chi connectivity index (χ2v) is 3.68. The lowest BCUT2D eigenvalue weighted by molar-refractivity contribution is -0.385. The van der Waals surface area contributed by atoms with Gasteiger partial charge in [0.15, 0.2) is 0 Å². The van der Waals surface area contributed by atoms with Crippen LogP contribution in [0.5, 0.6) is 0 Å². The zero-order valence-electron chi connectivity index (χ0n) is 9.70. The minimum Gasteiger partial charge on any atom is -0.399 e. The molecule has 2 aromatic rings. The minimum atomic E-state index is -0.640. The van der Waals surface area contributed by atoms with E-state index >= 15 is 0 Å². The summed E-state index contributed by atoms with van der Waals surface area (Å²) in [6.45, 7) is 0. The van der Waals surface area contributed by atoms with Gasteiger partial charge in [-0.05, 0) is 30.3 Å². The Kier molecular flexibility index (Phi) is 3.25. The van der Waals surface area contributed by atoms with Crippen LogP contribution >= 0.6 is 0 Å². The van der Waals surface area contributed by atoms with Crippen molar-refractivity contribution in [2.45, 2.75) is 0 Å². The quantitative estimate of drug-likeness (QED) is 0.493. The van der Waals surface area contributed by atoms with E-state index < -0.39 is 4.92 Å². The van der Waals surface area contributed by atoms with Gasteiger partial charge in [0.2, 0.25) is 5.69 Å². The highest BCUT2D eigenvalue weighted by Crippen LogP contribution is 2.21. The molecule has 19 heavy (non-hydrogen) atoms. The van der Waals surface area contributed by atoms with E-state index in [1.165, 1.54) is 12.1 Å². The van der Waals surface area contributed by atoms with Crippen LogP contribution in [0.15, 0.2) is 36.4 Å². The molecule has 0 aliphatic rings. The van der Waals surface area contributed by atoms with Crippen LogP contribution in [0.3, 0.4) is 0 Å². The first-order valence-electron chi connectivity index (χ1n) is 5.28. The van der Waals surface area contributed by atoms with Crippen molar-refractivity contribution in [3.05, 3.63) is 52.2 Å². The molecule has 0 amide bonds. The number of benzene rings is 1. The van der Waals surface area contributed by atoms with E-state index in [1.807, 2.05) is 0 Å².